The summed E-state index contributed by atoms with van der Waals surface area (Å²) in [6.07, 6.45) is 3.26. The van der Waals surface area contributed by atoms with Crippen LogP contribution in [-0.2, 0) is 31.9 Å². The number of rotatable bonds is 24. The second-order valence-corrected chi connectivity index (χ2v) is 18.4. The molecule has 0 saturated heterocycles. The monoisotopic (exact) mass is 1040 g/mol. The Morgan fingerprint density at radius 3 is 1.14 bits per heavy atom. The Balaban J connectivity index is 1.15. The van der Waals surface area contributed by atoms with Crippen LogP contribution in [0.15, 0.2) is 47.5 Å². The summed E-state index contributed by atoms with van der Waals surface area (Å²) < 4.78 is 82.0. The molecule has 0 spiro atoms. The van der Waals surface area contributed by atoms with E-state index >= 15 is 0 Å². The fourth-order valence-electron chi connectivity index (χ4n) is 10.6. The van der Waals surface area contributed by atoms with Crippen LogP contribution in [0.1, 0.15) is 58.3 Å². The van der Waals surface area contributed by atoms with Crippen LogP contribution in [0.3, 0.4) is 0 Å². The lowest BCUT2D eigenvalue weighted by Crippen LogP contribution is -2.52. The highest BCUT2D eigenvalue weighted by atomic mass is 35.5. The van der Waals surface area contributed by atoms with E-state index in [2.05, 4.69) is 14.1 Å². The Morgan fingerprint density at radius 2 is 0.808 bits per heavy atom. The van der Waals surface area contributed by atoms with Gasteiger partial charge in [-0.25, -0.2) is 9.59 Å². The number of esters is 2. The van der Waals surface area contributed by atoms with Gasteiger partial charge in [0, 0.05) is 42.9 Å². The van der Waals surface area contributed by atoms with Gasteiger partial charge < -0.3 is 75.3 Å². The summed E-state index contributed by atoms with van der Waals surface area (Å²) >= 11 is 6.39. The van der Waals surface area contributed by atoms with Crippen molar-refractivity contribution in [3.8, 4) is 69.0 Å². The lowest BCUT2D eigenvalue weighted by Gasteiger charge is -2.46. The van der Waals surface area contributed by atoms with E-state index in [1.54, 1.807) is 85.3 Å². The molecule has 2 aliphatic heterocycles. The number of carbonyl (C=O) groups is 2. The highest BCUT2D eigenvalue weighted by molar-refractivity contribution is 6.42. The van der Waals surface area contributed by atoms with Gasteiger partial charge in [-0.15, -0.1) is 0 Å². The highest BCUT2D eigenvalue weighted by Gasteiger charge is 2.46. The maximum absolute atomic E-state index is 13.2. The van der Waals surface area contributed by atoms with Gasteiger partial charge in [0.15, 0.2) is 46.0 Å². The molecule has 0 bridgehead atoms. The van der Waals surface area contributed by atoms with Crippen LogP contribution < -0.4 is 56.8 Å². The minimum Gasteiger partial charge on any atom is -0.493 e. The van der Waals surface area contributed by atoms with E-state index < -0.39 is 17.0 Å². The van der Waals surface area contributed by atoms with E-state index in [1.165, 1.54) is 0 Å². The smallest absolute Gasteiger partial charge is 0.350 e. The zero-order valence-electron chi connectivity index (χ0n) is 44.6. The summed E-state index contributed by atoms with van der Waals surface area (Å²) in [5.74, 6) is 4.47. The molecule has 73 heavy (non-hydrogen) atoms. The van der Waals surface area contributed by atoms with Crippen LogP contribution in [0.5, 0.6) is 69.0 Å². The lowest BCUT2D eigenvalue weighted by atomic mass is 9.84. The number of halogens is 1. The number of carbonyl (C=O) groups excluding carboxylic acids is 2. The molecule has 0 saturated carbocycles. The minimum absolute atomic E-state index is 0.0276. The van der Waals surface area contributed by atoms with Crippen molar-refractivity contribution >= 4 is 23.5 Å². The number of benzene rings is 4. The van der Waals surface area contributed by atoms with Gasteiger partial charge in [-0.2, -0.15) is 0 Å². The van der Waals surface area contributed by atoms with Crippen molar-refractivity contribution < 1.29 is 84.9 Å². The number of hydrogen-bond acceptors (Lipinski definition) is 16. The molecule has 4 atom stereocenters. The van der Waals surface area contributed by atoms with E-state index in [0.29, 0.717) is 130 Å². The van der Waals surface area contributed by atoms with Gasteiger partial charge in [0.1, 0.15) is 17.1 Å². The van der Waals surface area contributed by atoms with Gasteiger partial charge >= 0.3 is 11.9 Å². The van der Waals surface area contributed by atoms with Gasteiger partial charge in [0.05, 0.1) is 150 Å². The first-order chi connectivity index (χ1) is 35.1. The second-order valence-electron chi connectivity index (χ2n) is 18.0. The molecular weight excluding hydrogens is 968 g/mol. The molecule has 6 rings (SSSR count). The maximum atomic E-state index is 13.2. The molecule has 2 aliphatic rings. The molecular formula is C54H71ClN2O16+2. The lowest BCUT2D eigenvalue weighted by molar-refractivity contribution is -0.935. The van der Waals surface area contributed by atoms with Gasteiger partial charge in [0.2, 0.25) is 23.0 Å². The predicted molar refractivity (Wildman–Crippen MR) is 272 cm³/mol. The van der Waals surface area contributed by atoms with Crippen LogP contribution in [0.2, 0.25) is 0 Å². The molecule has 0 fully saturated rings. The molecule has 4 aromatic rings. The summed E-state index contributed by atoms with van der Waals surface area (Å²) in [7, 11) is 23.3. The second kappa shape index (κ2) is 24.4. The Labute approximate surface area is 433 Å². The van der Waals surface area contributed by atoms with Gasteiger partial charge in [-0.05, 0) is 47.5 Å². The highest BCUT2D eigenvalue weighted by Crippen LogP contribution is 2.55. The molecule has 19 heteroatoms. The van der Waals surface area contributed by atoms with Crippen LogP contribution in [-0.4, -0.2) is 160 Å². The molecule has 1 unspecified atom stereocenters. The maximum Gasteiger partial charge on any atom is 0.350 e. The van der Waals surface area contributed by atoms with E-state index in [4.69, 9.17) is 77.9 Å². The Hall–Kier alpha value is -6.63. The van der Waals surface area contributed by atoms with Crippen molar-refractivity contribution in [3.05, 3.63) is 80.9 Å². The van der Waals surface area contributed by atoms with Crippen LogP contribution in [0.25, 0.3) is 0 Å². The van der Waals surface area contributed by atoms with Crippen LogP contribution in [0, 0.1) is 0 Å². The van der Waals surface area contributed by atoms with Crippen LogP contribution in [0.4, 0.5) is 0 Å². The molecule has 0 aliphatic carbocycles. The predicted octanol–water partition coefficient (Wildman–Crippen LogP) is 7.66. The number of nitrogens with zero attached hydrogens (tertiary/aromatic N) is 2. The first kappa shape index (κ1) is 55.7. The number of likely N-dealkylation sites (N-methyl/N-ethyl adjacent to an activating group) is 2. The zero-order chi connectivity index (χ0) is 53.2. The quantitative estimate of drug-likeness (QED) is 0.0291. The third kappa shape index (κ3) is 11.2. The van der Waals surface area contributed by atoms with Crippen LogP contribution >= 0.6 is 11.6 Å². The average Bonchev–Trinajstić information content (AvgIpc) is 3.40. The summed E-state index contributed by atoms with van der Waals surface area (Å²) in [6.45, 7) is 2.64. The first-order valence-electron chi connectivity index (χ1n) is 23.8. The summed E-state index contributed by atoms with van der Waals surface area (Å²) in [5.41, 5.74) is 5.68. The number of fused-ring (bicyclic) bond motifs is 2. The molecule has 4 aromatic carbocycles. The Bertz CT molecular complexity index is 2610. The van der Waals surface area contributed by atoms with Gasteiger partial charge in [-0.3, -0.25) is 0 Å². The van der Waals surface area contributed by atoms with E-state index in [0.717, 1.165) is 39.5 Å². The molecule has 0 N–H and O–H groups in total. The number of hydrogen-bond donors (Lipinski definition) is 0. The summed E-state index contributed by atoms with van der Waals surface area (Å²) in [6, 6.07) is 11.1. The third-order valence-corrected chi connectivity index (χ3v) is 14.3. The number of quaternary nitrogens is 2. The van der Waals surface area contributed by atoms with Crippen molar-refractivity contribution in [1.29, 1.82) is 0 Å². The third-order valence-electron chi connectivity index (χ3n) is 14.0. The van der Waals surface area contributed by atoms with E-state index in [9.17, 15) is 9.59 Å². The van der Waals surface area contributed by atoms with Crippen molar-refractivity contribution in [2.75, 3.05) is 139 Å². The fourth-order valence-corrected chi connectivity index (χ4v) is 10.8. The topological polar surface area (TPSA) is 163 Å². The Kier molecular flexibility index (Phi) is 18.6. The van der Waals surface area contributed by atoms with Crippen molar-refractivity contribution in [3.63, 3.8) is 0 Å². The number of methoxy groups -OCH3 is 12. The zero-order valence-corrected chi connectivity index (χ0v) is 45.3. The molecule has 0 aromatic heterocycles. The molecule has 398 valence electrons. The average molecular weight is 1040 g/mol. The number of ether oxygens (including phenoxy) is 14. The molecule has 0 radical (unpaired) electrons. The SMILES string of the molecule is COc1cc(C2c3c(cc(OC)c(OC)c3OC)CC[N@@+]2(C)CCCOC(=O)/C(Cl)=C/C(=O)OCCC[N@+]2(C)CCc3cc(OC)c(OC)c(OC)c3[C@H]2c2cc(OC)c(OC)c(OC)c2)cc(OC)c1OC. The summed E-state index contributed by atoms with van der Waals surface area (Å²) in [5, 5.41) is -0.399. The van der Waals surface area contributed by atoms with Gasteiger partial charge in [-0.1, -0.05) is 11.6 Å². The summed E-state index contributed by atoms with van der Waals surface area (Å²) in [4.78, 5) is 26.4. The van der Waals surface area contributed by atoms with E-state index in [-0.39, 0.29) is 25.3 Å². The van der Waals surface area contributed by atoms with Crippen molar-refractivity contribution in [2.45, 2.75) is 37.8 Å². The minimum atomic E-state index is -0.843. The standard InChI is InChI=1S/C54H71ClN2O16/c1-56(21-17-32-25-41(64-7)50(68-11)52(70-13)44(32)46(56)34-27-37(60-3)48(66-9)38(28-34)61-4)19-15-23-72-43(58)31-36(55)54(59)73-24-16-20-57(2)22-18-33-26-42(65-8)51(69-12)53(71-14)45(33)47(57)35-29-39(62-5)49(67-10)40(30-35)63-6/h25-31,46-47H,15-24H2,1-14H3/q+2/b36-31-/t46-,47?,56-,57-/m1/s1. The molecule has 0 amide bonds. The van der Waals surface area contributed by atoms with Crippen molar-refractivity contribution in [2.24, 2.45) is 0 Å². The van der Waals surface area contributed by atoms with Crippen molar-refractivity contribution in [1.82, 2.24) is 0 Å². The molecule has 2 heterocycles. The van der Waals surface area contributed by atoms with Gasteiger partial charge in [0.25, 0.3) is 0 Å². The largest absolute Gasteiger partial charge is 0.493 e. The normalized spacial score (nSPS) is 19.0. The van der Waals surface area contributed by atoms with E-state index in [1.807, 2.05) is 36.4 Å². The Morgan fingerprint density at radius 1 is 0.479 bits per heavy atom. The molecule has 18 nitrogen and oxygen atoms in total. The fraction of sp³-hybridized carbons (Fsp3) is 0.481. The first-order valence-corrected chi connectivity index (χ1v) is 24.1.